The maximum absolute atomic E-state index is 12.2. The van der Waals surface area contributed by atoms with Crippen molar-refractivity contribution in [3.8, 4) is 6.07 Å². The normalized spacial score (nSPS) is 20.4. The Morgan fingerprint density at radius 2 is 2.16 bits per heavy atom. The minimum Gasteiger partial charge on any atom is -0.242 e. The first-order valence-corrected chi connectivity index (χ1v) is 7.78. The van der Waals surface area contributed by atoms with Gasteiger partial charge in [-0.1, -0.05) is 6.07 Å². The van der Waals surface area contributed by atoms with E-state index in [0.29, 0.717) is 5.56 Å². The van der Waals surface area contributed by atoms with Gasteiger partial charge in [-0.2, -0.15) is 5.26 Å². The van der Waals surface area contributed by atoms with Crippen molar-refractivity contribution < 1.29 is 4.21 Å². The average Bonchev–Trinajstić information content (AvgIpc) is 2.37. The Balaban J connectivity index is 2.24. The Labute approximate surface area is 117 Å². The Kier molecular flexibility index (Phi) is 4.07. The van der Waals surface area contributed by atoms with Gasteiger partial charge in [-0.15, -0.1) is 0 Å². The van der Waals surface area contributed by atoms with Crippen molar-refractivity contribution in [3.05, 3.63) is 34.9 Å². The van der Waals surface area contributed by atoms with Gasteiger partial charge in [0.2, 0.25) is 0 Å². The highest BCUT2D eigenvalue weighted by Crippen LogP contribution is 2.31. The first-order chi connectivity index (χ1) is 8.91. The molecule has 0 saturated heterocycles. The van der Waals surface area contributed by atoms with E-state index in [1.54, 1.807) is 0 Å². The van der Waals surface area contributed by atoms with Crippen LogP contribution in [-0.4, -0.2) is 8.96 Å². The molecule has 0 unspecified atom stereocenters. The van der Waals surface area contributed by atoms with Crippen LogP contribution in [0, 0.1) is 11.3 Å². The number of nitrogens with one attached hydrogen (secondary N) is 1. The van der Waals surface area contributed by atoms with Crippen LogP contribution in [-0.2, 0) is 17.4 Å². The van der Waals surface area contributed by atoms with E-state index in [9.17, 15) is 4.21 Å². The van der Waals surface area contributed by atoms with E-state index in [0.717, 1.165) is 19.3 Å². The number of nitrogens with zero attached hydrogens (tertiary/aromatic N) is 1. The molecule has 19 heavy (non-hydrogen) atoms. The van der Waals surface area contributed by atoms with E-state index in [1.165, 1.54) is 11.1 Å². The van der Waals surface area contributed by atoms with Gasteiger partial charge in [0.1, 0.15) is 0 Å². The summed E-state index contributed by atoms with van der Waals surface area (Å²) in [6.45, 7) is 5.91. The van der Waals surface area contributed by atoms with Gasteiger partial charge in [0, 0.05) is 6.04 Å². The fraction of sp³-hybridized carbons (Fsp3) is 0.533. The second kappa shape index (κ2) is 5.44. The van der Waals surface area contributed by atoms with Crippen LogP contribution in [0.3, 0.4) is 0 Å². The predicted molar refractivity (Wildman–Crippen MR) is 77.9 cm³/mol. The Hall–Kier alpha value is -1.18. The summed E-state index contributed by atoms with van der Waals surface area (Å²) < 4.78 is 15.2. The van der Waals surface area contributed by atoms with Crippen molar-refractivity contribution >= 4 is 11.0 Å². The molecule has 0 radical (unpaired) electrons. The lowest BCUT2D eigenvalue weighted by Crippen LogP contribution is -2.36. The highest BCUT2D eigenvalue weighted by atomic mass is 32.2. The van der Waals surface area contributed by atoms with E-state index in [4.69, 9.17) is 5.26 Å². The van der Waals surface area contributed by atoms with Crippen LogP contribution in [0.25, 0.3) is 0 Å². The van der Waals surface area contributed by atoms with E-state index in [1.807, 2.05) is 39.0 Å². The number of fused-ring (bicyclic) bond motifs is 1. The smallest absolute Gasteiger partial charge is 0.0991 e. The summed E-state index contributed by atoms with van der Waals surface area (Å²) in [6, 6.07) is 8.12. The Bertz CT molecular complexity index is 540. The van der Waals surface area contributed by atoms with Crippen LogP contribution in [0.4, 0.5) is 0 Å². The van der Waals surface area contributed by atoms with Gasteiger partial charge in [0.25, 0.3) is 0 Å². The molecule has 4 heteroatoms. The molecule has 0 fully saturated rings. The third-order valence-corrected chi connectivity index (χ3v) is 5.00. The second-order valence-electron chi connectivity index (χ2n) is 5.97. The standard InChI is InChI=1S/C15H20N2OS/c1-15(2,3)19(18)17-14-6-4-5-12-9-11(10-16)7-8-13(12)14/h7-9,14,17H,4-6H2,1-3H3/t14-,19-/m1/s1. The van der Waals surface area contributed by atoms with Crippen molar-refractivity contribution in [2.75, 3.05) is 0 Å². The van der Waals surface area contributed by atoms with Crippen LogP contribution in [0.5, 0.6) is 0 Å². The summed E-state index contributed by atoms with van der Waals surface area (Å²) in [7, 11) is -1.06. The number of aryl methyl sites for hydroxylation is 1. The Morgan fingerprint density at radius 3 is 2.79 bits per heavy atom. The molecule has 1 aliphatic carbocycles. The zero-order valence-electron chi connectivity index (χ0n) is 11.7. The maximum Gasteiger partial charge on any atom is 0.0991 e. The molecule has 0 saturated carbocycles. The minimum absolute atomic E-state index is 0.136. The minimum atomic E-state index is -1.06. The van der Waals surface area contributed by atoms with Gasteiger partial charge in [-0.3, -0.25) is 0 Å². The summed E-state index contributed by atoms with van der Waals surface area (Å²) in [6.07, 6.45) is 3.08. The van der Waals surface area contributed by atoms with Gasteiger partial charge < -0.3 is 0 Å². The van der Waals surface area contributed by atoms with Crippen molar-refractivity contribution in [2.45, 2.75) is 50.8 Å². The van der Waals surface area contributed by atoms with Gasteiger partial charge in [-0.05, 0) is 63.3 Å². The lowest BCUT2D eigenvalue weighted by molar-refractivity contribution is 0.523. The molecule has 1 aromatic carbocycles. The summed E-state index contributed by atoms with van der Waals surface area (Å²) in [5.74, 6) is 0. The van der Waals surface area contributed by atoms with Crippen LogP contribution < -0.4 is 4.72 Å². The van der Waals surface area contributed by atoms with Crippen molar-refractivity contribution in [1.82, 2.24) is 4.72 Å². The number of hydrogen-bond acceptors (Lipinski definition) is 2. The van der Waals surface area contributed by atoms with Crippen LogP contribution >= 0.6 is 0 Å². The molecule has 3 nitrogen and oxygen atoms in total. The molecule has 102 valence electrons. The molecule has 2 rings (SSSR count). The van der Waals surface area contributed by atoms with Crippen molar-refractivity contribution in [1.29, 1.82) is 5.26 Å². The summed E-state index contributed by atoms with van der Waals surface area (Å²) in [4.78, 5) is 0. The molecule has 1 N–H and O–H groups in total. The predicted octanol–water partition coefficient (Wildman–Crippen LogP) is 2.99. The van der Waals surface area contributed by atoms with Gasteiger partial charge in [0.15, 0.2) is 0 Å². The van der Waals surface area contributed by atoms with E-state index >= 15 is 0 Å². The van der Waals surface area contributed by atoms with E-state index in [-0.39, 0.29) is 10.8 Å². The average molecular weight is 276 g/mol. The van der Waals surface area contributed by atoms with Gasteiger partial charge in [-0.25, -0.2) is 8.93 Å². The summed E-state index contributed by atoms with van der Waals surface area (Å²) in [5, 5.41) is 8.94. The first kappa shape index (κ1) is 14.2. The number of rotatable bonds is 2. The molecule has 0 aliphatic heterocycles. The molecule has 1 aliphatic rings. The molecule has 0 spiro atoms. The highest BCUT2D eigenvalue weighted by Gasteiger charge is 2.26. The first-order valence-electron chi connectivity index (χ1n) is 6.63. The molecule has 1 aromatic rings. The highest BCUT2D eigenvalue weighted by molar-refractivity contribution is 7.84. The lowest BCUT2D eigenvalue weighted by Gasteiger charge is -2.29. The summed E-state index contributed by atoms with van der Waals surface area (Å²) >= 11 is 0. The van der Waals surface area contributed by atoms with E-state index in [2.05, 4.69) is 10.8 Å². The Morgan fingerprint density at radius 1 is 1.42 bits per heavy atom. The van der Waals surface area contributed by atoms with Crippen molar-refractivity contribution in [3.63, 3.8) is 0 Å². The molecule has 2 atom stereocenters. The lowest BCUT2D eigenvalue weighted by atomic mass is 9.87. The van der Waals surface area contributed by atoms with Crippen molar-refractivity contribution in [2.24, 2.45) is 0 Å². The molecule has 0 heterocycles. The van der Waals surface area contributed by atoms with Crippen LogP contribution in [0.2, 0.25) is 0 Å². The molecular weight excluding hydrogens is 256 g/mol. The monoisotopic (exact) mass is 276 g/mol. The number of benzene rings is 1. The largest absolute Gasteiger partial charge is 0.242 e. The summed E-state index contributed by atoms with van der Waals surface area (Å²) in [5.41, 5.74) is 3.12. The zero-order valence-corrected chi connectivity index (χ0v) is 12.5. The SMILES string of the molecule is CC(C)(C)[S@@](=O)N[C@@H]1CCCc2cc(C#N)ccc21. The topological polar surface area (TPSA) is 52.9 Å². The van der Waals surface area contributed by atoms with Gasteiger partial charge >= 0.3 is 0 Å². The van der Waals surface area contributed by atoms with Gasteiger partial charge in [0.05, 0.1) is 27.4 Å². The van der Waals surface area contributed by atoms with Crippen LogP contribution in [0.15, 0.2) is 18.2 Å². The number of nitriles is 1. The maximum atomic E-state index is 12.2. The second-order valence-corrected chi connectivity index (χ2v) is 7.97. The van der Waals surface area contributed by atoms with E-state index < -0.39 is 11.0 Å². The van der Waals surface area contributed by atoms with Crippen LogP contribution in [0.1, 0.15) is 56.3 Å². The third kappa shape index (κ3) is 3.23. The zero-order chi connectivity index (χ0) is 14.0. The molecular formula is C15H20N2OS. The quantitative estimate of drug-likeness (QED) is 0.902. The molecule has 0 bridgehead atoms. The molecule has 0 aromatic heterocycles. The number of hydrogen-bond donors (Lipinski definition) is 1. The fourth-order valence-corrected chi connectivity index (χ4v) is 3.17. The molecule has 0 amide bonds. The fourth-order valence-electron chi connectivity index (χ4n) is 2.31. The third-order valence-electron chi connectivity index (χ3n) is 3.39.